The van der Waals surface area contributed by atoms with E-state index in [1.165, 1.54) is 5.56 Å². The summed E-state index contributed by atoms with van der Waals surface area (Å²) in [5, 5.41) is 3.99. The second-order valence-corrected chi connectivity index (χ2v) is 6.19. The Labute approximate surface area is 151 Å². The van der Waals surface area contributed by atoms with Crippen LogP contribution in [-0.4, -0.2) is 29.7 Å². The van der Waals surface area contributed by atoms with Crippen LogP contribution in [0.15, 0.2) is 53.1 Å². The number of nitrogens with zero attached hydrogens (tertiary/aromatic N) is 3. The third kappa shape index (κ3) is 3.18. The molecular weight excluding hydrogens is 330 g/mol. The van der Waals surface area contributed by atoms with Gasteiger partial charge in [0.2, 0.25) is 17.6 Å². The number of carbonyl (C=O) groups excluding carboxylic acids is 1. The minimum atomic E-state index is -0.0259. The molecule has 0 unspecified atom stereocenters. The number of anilines is 1. The maximum absolute atomic E-state index is 12.7. The van der Waals surface area contributed by atoms with Crippen LogP contribution in [0.5, 0.6) is 5.75 Å². The van der Waals surface area contributed by atoms with Gasteiger partial charge in [0.1, 0.15) is 12.2 Å². The van der Waals surface area contributed by atoms with Crippen LogP contribution in [0.25, 0.3) is 11.4 Å². The van der Waals surface area contributed by atoms with Crippen molar-refractivity contribution in [1.82, 2.24) is 10.1 Å². The molecule has 0 bridgehead atoms. The fraction of sp³-hybridized carbons (Fsp3) is 0.250. The summed E-state index contributed by atoms with van der Waals surface area (Å²) in [7, 11) is 1.62. The van der Waals surface area contributed by atoms with Gasteiger partial charge in [0, 0.05) is 17.8 Å². The molecule has 0 N–H and O–H groups in total. The van der Waals surface area contributed by atoms with Gasteiger partial charge >= 0.3 is 0 Å². The lowest BCUT2D eigenvalue weighted by Crippen LogP contribution is -2.36. The molecule has 4 rings (SSSR count). The highest BCUT2D eigenvalue weighted by Gasteiger charge is 2.24. The van der Waals surface area contributed by atoms with Gasteiger partial charge < -0.3 is 14.2 Å². The highest BCUT2D eigenvalue weighted by atomic mass is 16.5. The van der Waals surface area contributed by atoms with E-state index >= 15 is 0 Å². The zero-order chi connectivity index (χ0) is 17.9. The predicted molar refractivity (Wildman–Crippen MR) is 97.1 cm³/mol. The van der Waals surface area contributed by atoms with Gasteiger partial charge in [0.15, 0.2) is 0 Å². The summed E-state index contributed by atoms with van der Waals surface area (Å²) in [5.74, 6) is 1.52. The second kappa shape index (κ2) is 7.00. The van der Waals surface area contributed by atoms with E-state index in [4.69, 9.17) is 9.26 Å². The zero-order valence-electron chi connectivity index (χ0n) is 14.5. The first-order valence-corrected chi connectivity index (χ1v) is 8.60. The van der Waals surface area contributed by atoms with Crippen molar-refractivity contribution < 1.29 is 14.1 Å². The Hall–Kier alpha value is -3.15. The molecule has 0 fully saturated rings. The summed E-state index contributed by atoms with van der Waals surface area (Å²) >= 11 is 0. The molecule has 0 aliphatic carbocycles. The van der Waals surface area contributed by atoms with Crippen LogP contribution in [-0.2, 0) is 17.6 Å². The number of aryl methyl sites for hydroxylation is 1. The Bertz CT molecular complexity index is 918. The van der Waals surface area contributed by atoms with Crippen molar-refractivity contribution in [2.24, 2.45) is 0 Å². The molecule has 1 aliphatic heterocycles. The number of fused-ring (bicyclic) bond motifs is 1. The molecule has 6 nitrogen and oxygen atoms in total. The van der Waals surface area contributed by atoms with E-state index in [1.807, 2.05) is 47.4 Å². The highest BCUT2D eigenvalue weighted by molar-refractivity contribution is 5.95. The smallest absolute Gasteiger partial charge is 0.236 e. The predicted octanol–water partition coefficient (Wildman–Crippen LogP) is 3.27. The molecule has 1 amide bonds. The fourth-order valence-corrected chi connectivity index (χ4v) is 3.20. The van der Waals surface area contributed by atoms with Crippen molar-refractivity contribution in [3.05, 3.63) is 60.0 Å². The summed E-state index contributed by atoms with van der Waals surface area (Å²) in [6.45, 7) is 0.718. The normalized spacial score (nSPS) is 13.3. The summed E-state index contributed by atoms with van der Waals surface area (Å²) in [6.07, 6.45) is 2.06. The quantitative estimate of drug-likeness (QED) is 0.723. The van der Waals surface area contributed by atoms with E-state index in [2.05, 4.69) is 16.2 Å². The molecule has 1 aromatic heterocycles. The fourth-order valence-electron chi connectivity index (χ4n) is 3.20. The monoisotopic (exact) mass is 349 g/mol. The van der Waals surface area contributed by atoms with Gasteiger partial charge in [0.25, 0.3) is 0 Å². The number of rotatable bonds is 4. The number of ether oxygens (including phenoxy) is 1. The lowest BCUT2D eigenvalue weighted by Gasteiger charge is -2.29. The van der Waals surface area contributed by atoms with Gasteiger partial charge in [-0.1, -0.05) is 23.4 Å². The number of carbonyl (C=O) groups is 1. The summed E-state index contributed by atoms with van der Waals surface area (Å²) in [6, 6.07) is 15.4. The average Bonchev–Trinajstić information content (AvgIpc) is 3.16. The van der Waals surface area contributed by atoms with Gasteiger partial charge in [0.05, 0.1) is 7.11 Å². The highest BCUT2D eigenvalue weighted by Crippen LogP contribution is 2.27. The van der Waals surface area contributed by atoms with Crippen molar-refractivity contribution in [3.8, 4) is 17.1 Å². The van der Waals surface area contributed by atoms with Gasteiger partial charge in [-0.05, 0) is 48.7 Å². The lowest BCUT2D eigenvalue weighted by atomic mass is 10.0. The van der Waals surface area contributed by atoms with Crippen LogP contribution in [0, 0.1) is 0 Å². The third-order valence-electron chi connectivity index (χ3n) is 4.53. The van der Waals surface area contributed by atoms with Crippen LogP contribution >= 0.6 is 0 Å². The molecule has 2 heterocycles. The van der Waals surface area contributed by atoms with Crippen LogP contribution in [0.3, 0.4) is 0 Å². The molecule has 0 atom stereocenters. The Kier molecular flexibility index (Phi) is 4.39. The molecule has 0 saturated carbocycles. The topological polar surface area (TPSA) is 68.5 Å². The third-order valence-corrected chi connectivity index (χ3v) is 4.53. The van der Waals surface area contributed by atoms with Gasteiger partial charge in [-0.25, -0.2) is 0 Å². The summed E-state index contributed by atoms with van der Waals surface area (Å²) < 4.78 is 10.4. The van der Waals surface area contributed by atoms with E-state index < -0.39 is 0 Å². The number of aromatic nitrogens is 2. The summed E-state index contributed by atoms with van der Waals surface area (Å²) in [4.78, 5) is 18.9. The van der Waals surface area contributed by atoms with Crippen LogP contribution < -0.4 is 9.64 Å². The van der Waals surface area contributed by atoms with Crippen molar-refractivity contribution in [2.45, 2.75) is 19.3 Å². The minimum absolute atomic E-state index is 0.0259. The molecule has 132 valence electrons. The minimum Gasteiger partial charge on any atom is -0.497 e. The standard InChI is InChI=1S/C20H19N3O3/c1-25-16-10-8-15(9-11-16)20-21-18(26-22-20)13-19(24)23-12-4-6-14-5-2-3-7-17(14)23/h2-3,5,7-11H,4,6,12-13H2,1H3. The van der Waals surface area contributed by atoms with E-state index in [1.54, 1.807) is 7.11 Å². The van der Waals surface area contributed by atoms with E-state index in [-0.39, 0.29) is 12.3 Å². The largest absolute Gasteiger partial charge is 0.497 e. The molecule has 1 aliphatic rings. The number of methoxy groups -OCH3 is 1. The summed E-state index contributed by atoms with van der Waals surface area (Å²) in [5.41, 5.74) is 3.01. The van der Waals surface area contributed by atoms with Crippen molar-refractivity contribution in [3.63, 3.8) is 0 Å². The van der Waals surface area contributed by atoms with Gasteiger partial charge in [-0.15, -0.1) is 0 Å². The first-order valence-electron chi connectivity index (χ1n) is 8.60. The zero-order valence-corrected chi connectivity index (χ0v) is 14.5. The van der Waals surface area contributed by atoms with Crippen molar-refractivity contribution in [1.29, 1.82) is 0 Å². The number of benzene rings is 2. The molecule has 26 heavy (non-hydrogen) atoms. The SMILES string of the molecule is COc1ccc(-c2noc(CC(=O)N3CCCc4ccccc43)n2)cc1. The Balaban J connectivity index is 1.50. The van der Waals surface area contributed by atoms with Crippen molar-refractivity contribution in [2.75, 3.05) is 18.6 Å². The van der Waals surface area contributed by atoms with E-state index in [0.717, 1.165) is 36.4 Å². The number of hydrogen-bond acceptors (Lipinski definition) is 5. The maximum Gasteiger partial charge on any atom is 0.236 e. The molecule has 2 aromatic carbocycles. The first-order chi connectivity index (χ1) is 12.7. The van der Waals surface area contributed by atoms with Crippen LogP contribution in [0.2, 0.25) is 0 Å². The molecular formula is C20H19N3O3. The first kappa shape index (κ1) is 16.3. The molecule has 6 heteroatoms. The Morgan fingerprint density at radius 3 is 2.81 bits per heavy atom. The second-order valence-electron chi connectivity index (χ2n) is 6.19. The number of hydrogen-bond donors (Lipinski definition) is 0. The Morgan fingerprint density at radius 1 is 1.19 bits per heavy atom. The van der Waals surface area contributed by atoms with Crippen LogP contribution in [0.4, 0.5) is 5.69 Å². The molecule has 0 spiro atoms. The van der Waals surface area contributed by atoms with E-state index in [0.29, 0.717) is 11.7 Å². The average molecular weight is 349 g/mol. The lowest BCUT2D eigenvalue weighted by molar-refractivity contribution is -0.118. The van der Waals surface area contributed by atoms with Crippen molar-refractivity contribution >= 4 is 11.6 Å². The molecule has 0 radical (unpaired) electrons. The number of amides is 1. The molecule has 3 aromatic rings. The Morgan fingerprint density at radius 2 is 2.00 bits per heavy atom. The maximum atomic E-state index is 12.7. The van der Waals surface area contributed by atoms with Gasteiger partial charge in [-0.2, -0.15) is 4.98 Å². The van der Waals surface area contributed by atoms with E-state index in [9.17, 15) is 4.79 Å². The molecule has 0 saturated heterocycles. The van der Waals surface area contributed by atoms with Gasteiger partial charge in [-0.3, -0.25) is 4.79 Å². The number of para-hydroxylation sites is 1. The van der Waals surface area contributed by atoms with Crippen LogP contribution in [0.1, 0.15) is 17.9 Å².